The van der Waals surface area contributed by atoms with E-state index < -0.39 is 11.0 Å². The van der Waals surface area contributed by atoms with E-state index in [1.807, 2.05) is 6.92 Å². The smallest absolute Gasteiger partial charge is 0.329 e. The van der Waals surface area contributed by atoms with Crippen LogP contribution in [-0.4, -0.2) is 47.0 Å². The Morgan fingerprint density at radius 2 is 2.38 bits per heavy atom. The quantitative estimate of drug-likeness (QED) is 0.601. The van der Waals surface area contributed by atoms with Crippen molar-refractivity contribution in [2.45, 2.75) is 25.8 Å². The van der Waals surface area contributed by atoms with E-state index in [1.54, 1.807) is 11.9 Å². The van der Waals surface area contributed by atoms with Gasteiger partial charge in [-0.1, -0.05) is 0 Å². The average Bonchev–Trinajstić information content (AvgIpc) is 2.95. The first-order chi connectivity index (χ1) is 10.1. The van der Waals surface area contributed by atoms with E-state index in [2.05, 4.69) is 20.6 Å². The molecule has 2 N–H and O–H groups in total. The van der Waals surface area contributed by atoms with Gasteiger partial charge in [-0.2, -0.15) is 4.98 Å². The zero-order chi connectivity index (χ0) is 15.4. The summed E-state index contributed by atoms with van der Waals surface area (Å²) in [7, 11) is 1.55. The van der Waals surface area contributed by atoms with Crippen molar-refractivity contribution < 1.29 is 9.72 Å². The molecule has 1 aromatic rings. The van der Waals surface area contributed by atoms with E-state index >= 15 is 0 Å². The summed E-state index contributed by atoms with van der Waals surface area (Å²) in [5, 5.41) is 16.7. The second-order valence-electron chi connectivity index (χ2n) is 4.66. The SMILES string of the molecule is CCNc1ncc([N+](=O)[O-])c(N2CCCC2C(=O)NC)n1. The van der Waals surface area contributed by atoms with Crippen LogP contribution in [0.2, 0.25) is 0 Å². The van der Waals surface area contributed by atoms with E-state index in [-0.39, 0.29) is 17.4 Å². The zero-order valence-corrected chi connectivity index (χ0v) is 12.0. The van der Waals surface area contributed by atoms with Crippen molar-refractivity contribution in [1.82, 2.24) is 15.3 Å². The van der Waals surface area contributed by atoms with Crippen LogP contribution < -0.4 is 15.5 Å². The lowest BCUT2D eigenvalue weighted by atomic mass is 10.2. The van der Waals surface area contributed by atoms with Gasteiger partial charge in [0.05, 0.1) is 4.92 Å². The summed E-state index contributed by atoms with van der Waals surface area (Å²) in [6, 6.07) is -0.432. The molecular weight excluding hydrogens is 276 g/mol. The number of aromatic nitrogens is 2. The van der Waals surface area contributed by atoms with Crippen molar-refractivity contribution in [1.29, 1.82) is 0 Å². The molecule has 9 heteroatoms. The molecule has 0 spiro atoms. The molecule has 1 unspecified atom stereocenters. The predicted molar refractivity (Wildman–Crippen MR) is 77.3 cm³/mol. The van der Waals surface area contributed by atoms with Crippen LogP contribution in [0.25, 0.3) is 0 Å². The summed E-state index contributed by atoms with van der Waals surface area (Å²) in [6.45, 7) is 3.05. The van der Waals surface area contributed by atoms with Gasteiger partial charge in [-0.15, -0.1) is 0 Å². The minimum atomic E-state index is -0.524. The Morgan fingerprint density at radius 1 is 1.62 bits per heavy atom. The number of nitro groups is 1. The maximum atomic E-state index is 11.9. The highest BCUT2D eigenvalue weighted by atomic mass is 16.6. The first-order valence-corrected chi connectivity index (χ1v) is 6.82. The number of carbonyl (C=O) groups is 1. The summed E-state index contributed by atoms with van der Waals surface area (Å²) in [6.07, 6.45) is 2.62. The fourth-order valence-corrected chi connectivity index (χ4v) is 2.41. The zero-order valence-electron chi connectivity index (χ0n) is 12.0. The van der Waals surface area contributed by atoms with E-state index in [0.717, 1.165) is 6.42 Å². The number of hydrogen-bond donors (Lipinski definition) is 2. The van der Waals surface area contributed by atoms with Crippen molar-refractivity contribution in [3.63, 3.8) is 0 Å². The van der Waals surface area contributed by atoms with Crippen LogP contribution in [0, 0.1) is 10.1 Å². The maximum Gasteiger partial charge on any atom is 0.329 e. The van der Waals surface area contributed by atoms with E-state index in [0.29, 0.717) is 25.5 Å². The van der Waals surface area contributed by atoms with Crippen LogP contribution in [0.5, 0.6) is 0 Å². The van der Waals surface area contributed by atoms with Gasteiger partial charge in [-0.05, 0) is 19.8 Å². The van der Waals surface area contributed by atoms with Crippen LogP contribution in [0.15, 0.2) is 6.20 Å². The number of rotatable bonds is 5. The standard InChI is InChI=1S/C12H18N6O3/c1-3-14-12-15-7-9(18(20)21)10(16-12)17-6-4-5-8(17)11(19)13-2/h7-8H,3-6H2,1-2H3,(H,13,19)(H,14,15,16). The molecule has 1 aliphatic heterocycles. The van der Waals surface area contributed by atoms with Crippen LogP contribution in [0.1, 0.15) is 19.8 Å². The number of nitrogens with zero attached hydrogens (tertiary/aromatic N) is 4. The molecule has 0 radical (unpaired) electrons. The molecule has 0 bridgehead atoms. The molecule has 1 aliphatic rings. The van der Waals surface area contributed by atoms with Crippen molar-refractivity contribution in [2.24, 2.45) is 0 Å². The number of likely N-dealkylation sites (N-methyl/N-ethyl adjacent to an activating group) is 1. The Bertz CT molecular complexity index is 550. The summed E-state index contributed by atoms with van der Waals surface area (Å²) in [4.78, 5) is 32.4. The molecule has 1 saturated heterocycles. The lowest BCUT2D eigenvalue weighted by molar-refractivity contribution is -0.384. The third kappa shape index (κ3) is 3.01. The van der Waals surface area contributed by atoms with Gasteiger partial charge in [0.1, 0.15) is 12.2 Å². The van der Waals surface area contributed by atoms with Crippen LogP contribution in [0.3, 0.4) is 0 Å². The molecule has 0 saturated carbocycles. The molecule has 2 heterocycles. The maximum absolute atomic E-state index is 11.9. The second-order valence-corrected chi connectivity index (χ2v) is 4.66. The number of nitrogens with one attached hydrogen (secondary N) is 2. The van der Waals surface area contributed by atoms with E-state index in [4.69, 9.17) is 0 Å². The second kappa shape index (κ2) is 6.33. The van der Waals surface area contributed by atoms with Crippen molar-refractivity contribution in [2.75, 3.05) is 30.4 Å². The Balaban J connectivity index is 2.41. The third-order valence-corrected chi connectivity index (χ3v) is 3.36. The summed E-state index contributed by atoms with van der Waals surface area (Å²) in [5.41, 5.74) is -0.188. The molecule has 0 aromatic carbocycles. The molecule has 21 heavy (non-hydrogen) atoms. The molecule has 2 rings (SSSR count). The Hall–Kier alpha value is -2.45. The van der Waals surface area contributed by atoms with Crippen LogP contribution >= 0.6 is 0 Å². The normalized spacial score (nSPS) is 17.6. The van der Waals surface area contributed by atoms with Gasteiger partial charge in [-0.3, -0.25) is 14.9 Å². The van der Waals surface area contributed by atoms with Crippen LogP contribution in [-0.2, 0) is 4.79 Å². The van der Waals surface area contributed by atoms with Gasteiger partial charge in [0, 0.05) is 20.1 Å². The summed E-state index contributed by atoms with van der Waals surface area (Å²) in [5.74, 6) is 0.350. The largest absolute Gasteiger partial charge is 0.357 e. The molecule has 1 aromatic heterocycles. The highest BCUT2D eigenvalue weighted by Crippen LogP contribution is 2.32. The van der Waals surface area contributed by atoms with Gasteiger partial charge in [0.2, 0.25) is 17.7 Å². The number of carbonyl (C=O) groups excluding carboxylic acids is 1. The van der Waals surface area contributed by atoms with Crippen molar-refractivity contribution in [3.05, 3.63) is 16.3 Å². The molecule has 0 aliphatic carbocycles. The van der Waals surface area contributed by atoms with Gasteiger partial charge in [0.25, 0.3) is 0 Å². The first kappa shape index (κ1) is 14.9. The number of amides is 1. The van der Waals surface area contributed by atoms with Gasteiger partial charge >= 0.3 is 5.69 Å². The Morgan fingerprint density at radius 3 is 3.00 bits per heavy atom. The lowest BCUT2D eigenvalue weighted by Crippen LogP contribution is -2.42. The van der Waals surface area contributed by atoms with Gasteiger partial charge in [-0.25, -0.2) is 4.98 Å². The predicted octanol–water partition coefficient (Wildman–Crippen LogP) is 0.531. The monoisotopic (exact) mass is 294 g/mol. The molecule has 114 valence electrons. The van der Waals surface area contributed by atoms with Gasteiger partial charge in [0.15, 0.2) is 0 Å². The number of hydrogen-bond acceptors (Lipinski definition) is 7. The molecular formula is C12H18N6O3. The fraction of sp³-hybridized carbons (Fsp3) is 0.583. The molecule has 1 atom stereocenters. The lowest BCUT2D eigenvalue weighted by Gasteiger charge is -2.24. The average molecular weight is 294 g/mol. The summed E-state index contributed by atoms with van der Waals surface area (Å²) >= 11 is 0. The Kier molecular flexibility index (Phi) is 4.51. The number of anilines is 2. The topological polar surface area (TPSA) is 113 Å². The third-order valence-electron chi connectivity index (χ3n) is 3.36. The minimum absolute atomic E-state index is 0.162. The van der Waals surface area contributed by atoms with E-state index in [9.17, 15) is 14.9 Å². The van der Waals surface area contributed by atoms with Crippen LogP contribution in [0.4, 0.5) is 17.5 Å². The van der Waals surface area contributed by atoms with Gasteiger partial charge < -0.3 is 15.5 Å². The first-order valence-electron chi connectivity index (χ1n) is 6.82. The molecule has 1 amide bonds. The fourth-order valence-electron chi connectivity index (χ4n) is 2.41. The molecule has 1 fully saturated rings. The Labute approximate surface area is 121 Å². The van der Waals surface area contributed by atoms with E-state index in [1.165, 1.54) is 6.20 Å². The van der Waals surface area contributed by atoms with Crippen molar-refractivity contribution in [3.8, 4) is 0 Å². The van der Waals surface area contributed by atoms with Crippen molar-refractivity contribution >= 4 is 23.4 Å². The molecule has 9 nitrogen and oxygen atoms in total. The summed E-state index contributed by atoms with van der Waals surface area (Å²) < 4.78 is 0. The highest BCUT2D eigenvalue weighted by Gasteiger charge is 2.35. The highest BCUT2D eigenvalue weighted by molar-refractivity contribution is 5.86. The minimum Gasteiger partial charge on any atom is -0.357 e.